The van der Waals surface area contributed by atoms with E-state index in [1.807, 2.05) is 6.07 Å². The fourth-order valence-corrected chi connectivity index (χ4v) is 0.779. The van der Waals surface area contributed by atoms with Crippen LogP contribution in [-0.4, -0.2) is 25.1 Å². The molecule has 0 saturated carbocycles. The molecule has 0 atom stereocenters. The van der Waals surface area contributed by atoms with Gasteiger partial charge in [0, 0.05) is 13.1 Å². The Hall–Kier alpha value is -1.78. The highest BCUT2D eigenvalue weighted by Crippen LogP contribution is 2.10. The van der Waals surface area contributed by atoms with Crippen LogP contribution in [0.3, 0.4) is 0 Å². The Labute approximate surface area is 76.6 Å². The van der Waals surface area contributed by atoms with E-state index in [0.29, 0.717) is 11.8 Å². The molecule has 5 nitrogen and oxygen atoms in total. The first kappa shape index (κ1) is 9.31. The predicted molar refractivity (Wildman–Crippen MR) is 52.0 cm³/mol. The summed E-state index contributed by atoms with van der Waals surface area (Å²) in [7, 11) is 3.18. The first-order chi connectivity index (χ1) is 6.26. The maximum absolute atomic E-state index is 5.46. The van der Waals surface area contributed by atoms with Gasteiger partial charge in [0.05, 0.1) is 19.0 Å². The first-order valence-corrected chi connectivity index (χ1v) is 3.75. The lowest BCUT2D eigenvalue weighted by Crippen LogP contribution is -2.21. The molecule has 0 fully saturated rings. The number of methoxy groups -OCH3 is 1. The number of anilines is 1. The summed E-state index contributed by atoms with van der Waals surface area (Å²) in [6.45, 7) is 0. The highest BCUT2D eigenvalue weighted by molar-refractivity contribution is 5.91. The van der Waals surface area contributed by atoms with E-state index in [9.17, 15) is 0 Å². The van der Waals surface area contributed by atoms with E-state index >= 15 is 0 Å². The summed E-state index contributed by atoms with van der Waals surface area (Å²) in [4.78, 5) is 7.74. The largest absolute Gasteiger partial charge is 0.481 e. The first-order valence-electron chi connectivity index (χ1n) is 3.75. The molecule has 0 aromatic carbocycles. The zero-order valence-corrected chi connectivity index (χ0v) is 7.61. The number of nitrogens with zero attached hydrogens (tertiary/aromatic N) is 2. The topological polar surface area (TPSA) is 72.5 Å². The Morgan fingerprint density at radius 2 is 2.38 bits per heavy atom. The highest BCUT2D eigenvalue weighted by atomic mass is 16.5. The number of ether oxygens (including phenoxy) is 1. The maximum atomic E-state index is 5.46. The molecule has 1 rings (SSSR count). The smallest absolute Gasteiger partial charge is 0.213 e. The van der Waals surface area contributed by atoms with Gasteiger partial charge in [0.2, 0.25) is 5.88 Å². The zero-order valence-electron chi connectivity index (χ0n) is 7.61. The summed E-state index contributed by atoms with van der Waals surface area (Å²) in [6.07, 6.45) is 1.62. The minimum absolute atomic E-state index is 0.354. The molecule has 0 saturated heterocycles. The zero-order chi connectivity index (χ0) is 9.68. The molecule has 0 unspecified atom stereocenters. The van der Waals surface area contributed by atoms with Crippen LogP contribution in [0, 0.1) is 0 Å². The third-order valence-electron chi connectivity index (χ3n) is 1.46. The molecule has 70 valence electrons. The predicted octanol–water partition coefficient (Wildman–Crippen LogP) is 0.447. The summed E-state index contributed by atoms with van der Waals surface area (Å²) in [6, 6.07) is 3.55. The third-order valence-corrected chi connectivity index (χ3v) is 1.46. The molecular weight excluding hydrogens is 168 g/mol. The Bertz CT molecular complexity index is 294. The van der Waals surface area contributed by atoms with Crippen molar-refractivity contribution in [2.75, 3.05) is 19.5 Å². The lowest BCUT2D eigenvalue weighted by Gasteiger charge is -2.04. The second-order valence-electron chi connectivity index (χ2n) is 2.32. The van der Waals surface area contributed by atoms with Crippen LogP contribution in [0.25, 0.3) is 0 Å². The minimum Gasteiger partial charge on any atom is -0.481 e. The third kappa shape index (κ3) is 2.62. The van der Waals surface area contributed by atoms with Gasteiger partial charge in [-0.1, -0.05) is 0 Å². The molecule has 5 heteroatoms. The van der Waals surface area contributed by atoms with Crippen molar-refractivity contribution in [3.8, 4) is 5.88 Å². The van der Waals surface area contributed by atoms with Crippen molar-refractivity contribution in [2.24, 2.45) is 10.7 Å². The van der Waals surface area contributed by atoms with Crippen LogP contribution >= 0.6 is 0 Å². The maximum Gasteiger partial charge on any atom is 0.213 e. The average Bonchev–Trinajstić information content (AvgIpc) is 2.19. The Kier molecular flexibility index (Phi) is 3.08. The number of rotatable bonds is 2. The molecule has 3 N–H and O–H groups in total. The van der Waals surface area contributed by atoms with E-state index in [0.717, 1.165) is 5.69 Å². The fourth-order valence-electron chi connectivity index (χ4n) is 0.779. The number of aromatic nitrogens is 1. The number of hydrogen-bond donors (Lipinski definition) is 2. The lowest BCUT2D eigenvalue weighted by molar-refractivity contribution is 0.398. The summed E-state index contributed by atoms with van der Waals surface area (Å²) in [5, 5.41) is 2.85. The summed E-state index contributed by atoms with van der Waals surface area (Å²) >= 11 is 0. The van der Waals surface area contributed by atoms with Crippen LogP contribution in [0.15, 0.2) is 23.3 Å². The van der Waals surface area contributed by atoms with Crippen LogP contribution in [-0.2, 0) is 0 Å². The van der Waals surface area contributed by atoms with E-state index < -0.39 is 0 Å². The van der Waals surface area contributed by atoms with Crippen molar-refractivity contribution in [1.29, 1.82) is 0 Å². The standard InChI is InChI=1S/C8H12N4O/c1-10-8(9)12-6-3-4-7(13-2)11-5-6/h3-5H,1-2H3,(H3,9,10,12). The number of nitrogens with one attached hydrogen (secondary N) is 1. The van der Waals surface area contributed by atoms with Crippen LogP contribution in [0.4, 0.5) is 5.69 Å². The van der Waals surface area contributed by atoms with Gasteiger partial charge in [-0.15, -0.1) is 0 Å². The summed E-state index contributed by atoms with van der Waals surface area (Å²) in [5.74, 6) is 0.921. The van der Waals surface area contributed by atoms with Gasteiger partial charge in [-0.25, -0.2) is 4.98 Å². The molecule has 1 heterocycles. The Morgan fingerprint density at radius 1 is 1.62 bits per heavy atom. The van der Waals surface area contributed by atoms with Gasteiger partial charge in [0.25, 0.3) is 0 Å². The molecule has 0 amide bonds. The van der Waals surface area contributed by atoms with Gasteiger partial charge in [-0.05, 0) is 6.07 Å². The minimum atomic E-state index is 0.354. The van der Waals surface area contributed by atoms with Gasteiger partial charge in [0.1, 0.15) is 0 Å². The van der Waals surface area contributed by atoms with E-state index in [1.54, 1.807) is 26.4 Å². The normalized spacial score (nSPS) is 11.1. The van der Waals surface area contributed by atoms with E-state index in [1.165, 1.54) is 0 Å². The summed E-state index contributed by atoms with van der Waals surface area (Å²) < 4.78 is 4.90. The van der Waals surface area contributed by atoms with Gasteiger partial charge in [0.15, 0.2) is 5.96 Å². The van der Waals surface area contributed by atoms with Crippen molar-refractivity contribution in [3.63, 3.8) is 0 Å². The number of guanidine groups is 1. The molecular formula is C8H12N4O. The molecule has 0 radical (unpaired) electrons. The van der Waals surface area contributed by atoms with E-state index in [4.69, 9.17) is 10.5 Å². The monoisotopic (exact) mass is 180 g/mol. The van der Waals surface area contributed by atoms with E-state index in [-0.39, 0.29) is 0 Å². The quantitative estimate of drug-likeness (QED) is 0.512. The summed E-state index contributed by atoms with van der Waals surface area (Å²) in [5.41, 5.74) is 6.24. The fraction of sp³-hybridized carbons (Fsp3) is 0.250. The molecule has 0 spiro atoms. The highest BCUT2D eigenvalue weighted by Gasteiger charge is 1.95. The molecule has 0 aliphatic rings. The Balaban J connectivity index is 2.69. The van der Waals surface area contributed by atoms with Crippen LogP contribution < -0.4 is 15.8 Å². The van der Waals surface area contributed by atoms with Crippen LogP contribution in [0.1, 0.15) is 0 Å². The van der Waals surface area contributed by atoms with Crippen molar-refractivity contribution in [1.82, 2.24) is 4.98 Å². The number of hydrogen-bond acceptors (Lipinski definition) is 3. The number of nitrogens with two attached hydrogens (primary N) is 1. The molecule has 1 aromatic heterocycles. The van der Waals surface area contributed by atoms with Crippen LogP contribution in [0.5, 0.6) is 5.88 Å². The molecule has 0 aliphatic heterocycles. The van der Waals surface area contributed by atoms with Crippen molar-refractivity contribution in [3.05, 3.63) is 18.3 Å². The van der Waals surface area contributed by atoms with Gasteiger partial charge in [-0.3, -0.25) is 4.99 Å². The molecule has 0 bridgehead atoms. The molecule has 13 heavy (non-hydrogen) atoms. The van der Waals surface area contributed by atoms with Crippen LogP contribution in [0.2, 0.25) is 0 Å². The Morgan fingerprint density at radius 3 is 2.85 bits per heavy atom. The van der Waals surface area contributed by atoms with Crippen molar-refractivity contribution < 1.29 is 4.74 Å². The van der Waals surface area contributed by atoms with Crippen molar-refractivity contribution >= 4 is 11.6 Å². The second kappa shape index (κ2) is 4.30. The van der Waals surface area contributed by atoms with E-state index in [2.05, 4.69) is 15.3 Å². The van der Waals surface area contributed by atoms with Gasteiger partial charge in [-0.2, -0.15) is 0 Å². The lowest BCUT2D eigenvalue weighted by atomic mass is 10.4. The number of pyridine rings is 1. The van der Waals surface area contributed by atoms with Crippen molar-refractivity contribution in [2.45, 2.75) is 0 Å². The number of aliphatic imine (C=N–C) groups is 1. The molecule has 1 aromatic rings. The second-order valence-corrected chi connectivity index (χ2v) is 2.32. The molecule has 0 aliphatic carbocycles. The van der Waals surface area contributed by atoms with Gasteiger partial charge >= 0.3 is 0 Å². The van der Waals surface area contributed by atoms with Gasteiger partial charge < -0.3 is 15.8 Å². The SMILES string of the molecule is CN=C(N)Nc1ccc(OC)nc1. The average molecular weight is 180 g/mol.